The van der Waals surface area contributed by atoms with Gasteiger partial charge in [0.15, 0.2) is 11.5 Å². The molecule has 0 heterocycles. The van der Waals surface area contributed by atoms with Crippen LogP contribution in [-0.4, -0.2) is 43.8 Å². The number of hydrogen-bond donors (Lipinski definition) is 2. The highest BCUT2D eigenvalue weighted by molar-refractivity contribution is 9.10. The van der Waals surface area contributed by atoms with Crippen molar-refractivity contribution in [1.29, 1.82) is 0 Å². The van der Waals surface area contributed by atoms with Crippen LogP contribution in [0.25, 0.3) is 0 Å². The van der Waals surface area contributed by atoms with E-state index in [1.54, 1.807) is 66.7 Å². The monoisotopic (exact) mass is 567 g/mol. The number of nitrogens with one attached hydrogen (secondary N) is 2. The van der Waals surface area contributed by atoms with E-state index in [-0.39, 0.29) is 18.2 Å². The number of carbonyl (C=O) groups is 3. The molecule has 0 bridgehead atoms. The molecule has 0 aromatic heterocycles. The van der Waals surface area contributed by atoms with E-state index in [1.807, 2.05) is 13.8 Å². The quantitative estimate of drug-likeness (QED) is 0.154. The van der Waals surface area contributed by atoms with E-state index >= 15 is 0 Å². The van der Waals surface area contributed by atoms with Gasteiger partial charge in [-0.3, -0.25) is 9.59 Å². The summed E-state index contributed by atoms with van der Waals surface area (Å²) in [6.07, 6.45) is 1.41. The Kier molecular flexibility index (Phi) is 10.2. The minimum atomic E-state index is -0.539. The summed E-state index contributed by atoms with van der Waals surface area (Å²) in [5.41, 5.74) is 3.75. The second-order valence-corrected chi connectivity index (χ2v) is 8.39. The van der Waals surface area contributed by atoms with Gasteiger partial charge in [0, 0.05) is 10.0 Å². The molecular formula is C27H26BrN3O6. The summed E-state index contributed by atoms with van der Waals surface area (Å²) in [5.74, 6) is -0.155. The average Bonchev–Trinajstić information content (AvgIpc) is 2.89. The molecule has 9 nitrogen and oxygen atoms in total. The van der Waals surface area contributed by atoms with Gasteiger partial charge < -0.3 is 19.5 Å². The zero-order valence-electron chi connectivity index (χ0n) is 20.3. The third-order valence-electron chi connectivity index (χ3n) is 4.77. The van der Waals surface area contributed by atoms with Crippen molar-refractivity contribution >= 4 is 39.9 Å². The first-order chi connectivity index (χ1) is 17.9. The maximum Gasteiger partial charge on any atom is 0.343 e. The van der Waals surface area contributed by atoms with Crippen molar-refractivity contribution in [2.75, 3.05) is 19.8 Å². The Morgan fingerprint density at radius 2 is 1.65 bits per heavy atom. The predicted molar refractivity (Wildman–Crippen MR) is 142 cm³/mol. The lowest BCUT2D eigenvalue weighted by Crippen LogP contribution is -2.34. The van der Waals surface area contributed by atoms with Crippen molar-refractivity contribution in [3.8, 4) is 17.2 Å². The molecule has 0 aliphatic heterocycles. The molecule has 3 rings (SSSR count). The second kappa shape index (κ2) is 13.8. The Labute approximate surface area is 222 Å². The van der Waals surface area contributed by atoms with Gasteiger partial charge in [0.25, 0.3) is 11.8 Å². The highest BCUT2D eigenvalue weighted by atomic mass is 79.9. The fourth-order valence-corrected chi connectivity index (χ4v) is 3.48. The molecule has 0 aliphatic carbocycles. The summed E-state index contributed by atoms with van der Waals surface area (Å²) >= 11 is 3.30. The van der Waals surface area contributed by atoms with E-state index in [9.17, 15) is 14.4 Å². The molecule has 10 heteroatoms. The predicted octanol–water partition coefficient (Wildman–Crippen LogP) is 4.35. The Hall–Kier alpha value is -4.18. The van der Waals surface area contributed by atoms with Crippen molar-refractivity contribution in [2.45, 2.75) is 13.8 Å². The summed E-state index contributed by atoms with van der Waals surface area (Å²) in [6.45, 7) is 4.33. The largest absolute Gasteiger partial charge is 0.494 e. The van der Waals surface area contributed by atoms with Crippen molar-refractivity contribution in [2.24, 2.45) is 5.10 Å². The van der Waals surface area contributed by atoms with Crippen molar-refractivity contribution < 1.29 is 28.6 Å². The number of halogens is 1. The zero-order chi connectivity index (χ0) is 26.6. The summed E-state index contributed by atoms with van der Waals surface area (Å²) in [5, 5.41) is 6.44. The molecule has 2 amide bonds. The van der Waals surface area contributed by atoms with Gasteiger partial charge in [-0.25, -0.2) is 10.2 Å². The molecule has 2 N–H and O–H groups in total. The van der Waals surface area contributed by atoms with Crippen LogP contribution in [0, 0.1) is 0 Å². The maximum atomic E-state index is 12.6. The van der Waals surface area contributed by atoms with Crippen LogP contribution in [0.1, 0.15) is 40.1 Å². The third kappa shape index (κ3) is 8.46. The molecular weight excluding hydrogens is 542 g/mol. The lowest BCUT2D eigenvalue weighted by Gasteiger charge is -2.11. The Morgan fingerprint density at radius 1 is 0.892 bits per heavy atom. The van der Waals surface area contributed by atoms with E-state index < -0.39 is 11.9 Å². The summed E-state index contributed by atoms with van der Waals surface area (Å²) in [6, 6.07) is 18.3. The normalized spacial score (nSPS) is 10.6. The van der Waals surface area contributed by atoms with E-state index in [0.717, 1.165) is 4.47 Å². The van der Waals surface area contributed by atoms with Crippen LogP contribution in [-0.2, 0) is 4.79 Å². The standard InChI is InChI=1S/C27H26BrN3O6/c1-3-35-22-11-9-19(10-12-22)27(34)37-23-13-8-18(14-24(23)36-4-2)16-30-31-25(32)17-29-26(33)20-6-5-7-21(28)15-20/h5-16H,3-4,17H2,1-2H3,(H,29,33)(H,31,32)/b30-16+. The first-order valence-electron chi connectivity index (χ1n) is 11.5. The van der Waals surface area contributed by atoms with Crippen LogP contribution in [0.5, 0.6) is 17.2 Å². The number of rotatable bonds is 11. The topological polar surface area (TPSA) is 115 Å². The number of carbonyl (C=O) groups excluding carboxylic acids is 3. The van der Waals surface area contributed by atoms with Gasteiger partial charge in [-0.05, 0) is 80.1 Å². The van der Waals surface area contributed by atoms with Gasteiger partial charge >= 0.3 is 5.97 Å². The van der Waals surface area contributed by atoms with Gasteiger partial charge in [0.2, 0.25) is 0 Å². The minimum Gasteiger partial charge on any atom is -0.494 e. The fourth-order valence-electron chi connectivity index (χ4n) is 3.08. The lowest BCUT2D eigenvalue weighted by atomic mass is 10.2. The van der Waals surface area contributed by atoms with Crippen LogP contribution in [0.15, 0.2) is 76.3 Å². The molecule has 192 valence electrons. The molecule has 0 aliphatic rings. The number of esters is 1. The highest BCUT2D eigenvalue weighted by Crippen LogP contribution is 2.29. The molecule has 37 heavy (non-hydrogen) atoms. The van der Waals surface area contributed by atoms with Crippen LogP contribution >= 0.6 is 15.9 Å². The molecule has 0 unspecified atom stereocenters. The number of nitrogens with zero attached hydrogens (tertiary/aromatic N) is 1. The summed E-state index contributed by atoms with van der Waals surface area (Å²) < 4.78 is 17.3. The van der Waals surface area contributed by atoms with Crippen molar-refractivity contribution in [3.63, 3.8) is 0 Å². The third-order valence-corrected chi connectivity index (χ3v) is 5.26. The van der Waals surface area contributed by atoms with Crippen molar-refractivity contribution in [3.05, 3.63) is 87.9 Å². The van der Waals surface area contributed by atoms with Gasteiger partial charge in [-0.1, -0.05) is 22.0 Å². The highest BCUT2D eigenvalue weighted by Gasteiger charge is 2.14. The van der Waals surface area contributed by atoms with Crippen LogP contribution in [0.4, 0.5) is 0 Å². The minimum absolute atomic E-state index is 0.243. The lowest BCUT2D eigenvalue weighted by molar-refractivity contribution is -0.120. The molecule has 0 saturated carbocycles. The molecule has 3 aromatic carbocycles. The zero-order valence-corrected chi connectivity index (χ0v) is 21.9. The van der Waals surface area contributed by atoms with E-state index in [0.29, 0.717) is 41.4 Å². The Balaban J connectivity index is 1.56. The van der Waals surface area contributed by atoms with Gasteiger partial charge in [0.05, 0.1) is 31.5 Å². The number of hydrogen-bond acceptors (Lipinski definition) is 7. The van der Waals surface area contributed by atoms with Crippen LogP contribution in [0.2, 0.25) is 0 Å². The fraction of sp³-hybridized carbons (Fsp3) is 0.185. The molecule has 0 radical (unpaired) electrons. The molecule has 0 saturated heterocycles. The van der Waals surface area contributed by atoms with Gasteiger partial charge in [0.1, 0.15) is 5.75 Å². The summed E-state index contributed by atoms with van der Waals surface area (Å²) in [7, 11) is 0. The first-order valence-corrected chi connectivity index (χ1v) is 12.3. The van der Waals surface area contributed by atoms with E-state index in [1.165, 1.54) is 6.21 Å². The van der Waals surface area contributed by atoms with E-state index in [2.05, 4.69) is 31.8 Å². The Bertz CT molecular complexity index is 1280. The molecule has 3 aromatic rings. The second-order valence-electron chi connectivity index (χ2n) is 7.47. The SMILES string of the molecule is CCOc1ccc(C(=O)Oc2ccc(/C=N/NC(=O)CNC(=O)c3cccc(Br)c3)cc2OCC)cc1. The first kappa shape index (κ1) is 27.4. The maximum absolute atomic E-state index is 12.6. The number of amides is 2. The summed E-state index contributed by atoms with van der Waals surface area (Å²) in [4.78, 5) is 36.7. The number of ether oxygens (including phenoxy) is 3. The van der Waals surface area contributed by atoms with Crippen molar-refractivity contribution in [1.82, 2.24) is 10.7 Å². The Morgan fingerprint density at radius 3 is 2.35 bits per heavy atom. The number of benzene rings is 3. The van der Waals surface area contributed by atoms with Gasteiger partial charge in [-0.2, -0.15) is 5.10 Å². The molecule has 0 fully saturated rings. The molecule has 0 atom stereocenters. The van der Waals surface area contributed by atoms with Crippen LogP contribution < -0.4 is 25.0 Å². The average molecular weight is 568 g/mol. The van der Waals surface area contributed by atoms with Gasteiger partial charge in [-0.15, -0.1) is 0 Å². The van der Waals surface area contributed by atoms with Crippen LogP contribution in [0.3, 0.4) is 0 Å². The molecule has 0 spiro atoms. The van der Waals surface area contributed by atoms with E-state index in [4.69, 9.17) is 14.2 Å². The smallest absolute Gasteiger partial charge is 0.343 e. The number of hydrazone groups is 1.